The molecule has 1 atom stereocenters. The summed E-state index contributed by atoms with van der Waals surface area (Å²) in [4.78, 5) is 18.5. The Labute approximate surface area is 167 Å². The molecule has 2 aromatic carbocycles. The van der Waals surface area contributed by atoms with E-state index in [9.17, 15) is 9.18 Å². The Balaban J connectivity index is 1.33. The Morgan fingerprint density at radius 1 is 1.28 bits per heavy atom. The molecule has 8 heteroatoms. The maximum absolute atomic E-state index is 13.7. The van der Waals surface area contributed by atoms with E-state index in [4.69, 9.17) is 9.26 Å². The average molecular weight is 396 g/mol. The van der Waals surface area contributed by atoms with Crippen molar-refractivity contribution in [2.24, 2.45) is 5.92 Å². The molecule has 0 bridgehead atoms. The van der Waals surface area contributed by atoms with Gasteiger partial charge in [-0.05, 0) is 48.7 Å². The van der Waals surface area contributed by atoms with Crippen LogP contribution in [0.25, 0.3) is 11.5 Å². The third-order valence-corrected chi connectivity index (χ3v) is 4.96. The first-order valence-electron chi connectivity index (χ1n) is 9.40. The molecule has 1 aliphatic heterocycles. The molecule has 7 nitrogen and oxygen atoms in total. The van der Waals surface area contributed by atoms with Gasteiger partial charge in [0.2, 0.25) is 0 Å². The number of nitrogens with one attached hydrogen (secondary N) is 1. The van der Waals surface area contributed by atoms with Crippen molar-refractivity contribution < 1.29 is 18.4 Å². The van der Waals surface area contributed by atoms with Crippen LogP contribution in [-0.2, 0) is 6.42 Å². The van der Waals surface area contributed by atoms with Crippen LogP contribution in [-0.4, -0.2) is 41.3 Å². The second-order valence-electron chi connectivity index (χ2n) is 6.96. The van der Waals surface area contributed by atoms with E-state index in [2.05, 4.69) is 15.5 Å². The van der Waals surface area contributed by atoms with Gasteiger partial charge in [0.25, 0.3) is 5.89 Å². The largest absolute Gasteiger partial charge is 0.497 e. The summed E-state index contributed by atoms with van der Waals surface area (Å²) < 4.78 is 24.2. The molecule has 1 aliphatic rings. The van der Waals surface area contributed by atoms with Crippen molar-refractivity contribution in [2.45, 2.75) is 12.8 Å². The zero-order valence-electron chi connectivity index (χ0n) is 16.0. The van der Waals surface area contributed by atoms with E-state index in [-0.39, 0.29) is 17.6 Å². The number of ether oxygens (including phenoxy) is 1. The Kier molecular flexibility index (Phi) is 5.41. The van der Waals surface area contributed by atoms with Crippen molar-refractivity contribution in [1.82, 2.24) is 15.0 Å². The molecule has 1 fully saturated rings. The summed E-state index contributed by atoms with van der Waals surface area (Å²) in [6.45, 7) is 1.17. The fourth-order valence-electron chi connectivity index (χ4n) is 3.39. The third-order valence-electron chi connectivity index (χ3n) is 4.96. The Hall–Kier alpha value is -3.42. The summed E-state index contributed by atoms with van der Waals surface area (Å²) in [5.41, 5.74) is 1.00. The quantitative estimate of drug-likeness (QED) is 0.706. The van der Waals surface area contributed by atoms with Gasteiger partial charge in [-0.2, -0.15) is 4.98 Å². The van der Waals surface area contributed by atoms with E-state index in [1.54, 1.807) is 30.2 Å². The fourth-order valence-corrected chi connectivity index (χ4v) is 3.39. The Morgan fingerprint density at radius 2 is 2.07 bits per heavy atom. The normalized spacial score (nSPS) is 16.1. The summed E-state index contributed by atoms with van der Waals surface area (Å²) >= 11 is 0. The standard InChI is InChI=1S/C21H21FN4O3/c1-28-16-8-6-15(7-9-16)20-24-19(25-29-20)12-14-10-11-26(13-14)21(27)23-18-5-3-2-4-17(18)22/h2-9,14H,10-13H2,1H3,(H,23,27). The fraction of sp³-hybridized carbons (Fsp3) is 0.286. The number of aromatic nitrogens is 2. The average Bonchev–Trinajstić information content (AvgIpc) is 3.40. The van der Waals surface area contributed by atoms with Gasteiger partial charge in [-0.1, -0.05) is 17.3 Å². The van der Waals surface area contributed by atoms with E-state index < -0.39 is 5.82 Å². The number of anilines is 1. The smallest absolute Gasteiger partial charge is 0.321 e. The number of halogens is 1. The second-order valence-corrected chi connectivity index (χ2v) is 6.96. The van der Waals surface area contributed by atoms with Crippen molar-refractivity contribution >= 4 is 11.7 Å². The third kappa shape index (κ3) is 4.37. The lowest BCUT2D eigenvalue weighted by Gasteiger charge is -2.17. The van der Waals surface area contributed by atoms with Crippen molar-refractivity contribution in [3.63, 3.8) is 0 Å². The molecular formula is C21H21FN4O3. The number of hydrogen-bond donors (Lipinski definition) is 1. The van der Waals surface area contributed by atoms with Gasteiger partial charge >= 0.3 is 6.03 Å². The number of benzene rings is 2. The van der Waals surface area contributed by atoms with Crippen LogP contribution in [0.2, 0.25) is 0 Å². The minimum Gasteiger partial charge on any atom is -0.497 e. The maximum Gasteiger partial charge on any atom is 0.321 e. The molecule has 1 unspecified atom stereocenters. The first-order valence-corrected chi connectivity index (χ1v) is 9.40. The van der Waals surface area contributed by atoms with Crippen molar-refractivity contribution in [2.75, 3.05) is 25.5 Å². The summed E-state index contributed by atoms with van der Waals surface area (Å²) in [5, 5.41) is 6.69. The molecule has 0 spiro atoms. The number of nitrogens with zero attached hydrogens (tertiary/aromatic N) is 3. The van der Waals surface area contributed by atoms with Crippen molar-refractivity contribution in [3.05, 3.63) is 60.2 Å². The molecule has 1 saturated heterocycles. The molecule has 4 rings (SSSR count). The van der Waals surface area contributed by atoms with Crippen LogP contribution in [0.4, 0.5) is 14.9 Å². The van der Waals surface area contributed by atoms with Crippen LogP contribution in [0.3, 0.4) is 0 Å². The van der Waals surface area contributed by atoms with Gasteiger partial charge in [0.1, 0.15) is 11.6 Å². The van der Waals surface area contributed by atoms with Gasteiger partial charge in [0, 0.05) is 25.1 Å². The highest BCUT2D eigenvalue weighted by Crippen LogP contribution is 2.24. The van der Waals surface area contributed by atoms with E-state index in [1.807, 2.05) is 24.3 Å². The molecule has 150 valence electrons. The maximum atomic E-state index is 13.7. The van der Waals surface area contributed by atoms with Gasteiger partial charge in [-0.3, -0.25) is 0 Å². The highest BCUT2D eigenvalue weighted by atomic mass is 19.1. The van der Waals surface area contributed by atoms with Gasteiger partial charge < -0.3 is 19.5 Å². The molecule has 0 radical (unpaired) electrons. The van der Waals surface area contributed by atoms with Crippen LogP contribution in [0.15, 0.2) is 53.1 Å². The predicted octanol–water partition coefficient (Wildman–Crippen LogP) is 3.98. The molecule has 2 amide bonds. The van der Waals surface area contributed by atoms with Crippen LogP contribution >= 0.6 is 0 Å². The first-order chi connectivity index (χ1) is 14.1. The number of rotatable bonds is 5. The molecule has 0 saturated carbocycles. The number of methoxy groups -OCH3 is 1. The van der Waals surface area contributed by atoms with Gasteiger partial charge in [0.15, 0.2) is 5.82 Å². The van der Waals surface area contributed by atoms with Gasteiger partial charge in [0.05, 0.1) is 12.8 Å². The predicted molar refractivity (Wildman–Crippen MR) is 105 cm³/mol. The lowest BCUT2D eigenvalue weighted by Crippen LogP contribution is -2.33. The molecular weight excluding hydrogens is 375 g/mol. The first kappa shape index (κ1) is 18.9. The number of hydrogen-bond acceptors (Lipinski definition) is 5. The van der Waals surface area contributed by atoms with Gasteiger partial charge in [-0.25, -0.2) is 9.18 Å². The van der Waals surface area contributed by atoms with Crippen LogP contribution < -0.4 is 10.1 Å². The number of amides is 2. The molecule has 1 N–H and O–H groups in total. The number of carbonyl (C=O) groups is 1. The molecule has 29 heavy (non-hydrogen) atoms. The monoisotopic (exact) mass is 396 g/mol. The number of carbonyl (C=O) groups excluding carboxylic acids is 1. The van der Waals surface area contributed by atoms with E-state index in [0.29, 0.717) is 31.2 Å². The van der Waals surface area contributed by atoms with Crippen LogP contribution in [0.1, 0.15) is 12.2 Å². The van der Waals surface area contributed by atoms with Crippen LogP contribution in [0.5, 0.6) is 5.75 Å². The number of para-hydroxylation sites is 1. The minimum atomic E-state index is -0.450. The lowest BCUT2D eigenvalue weighted by molar-refractivity contribution is 0.220. The Bertz CT molecular complexity index is 990. The lowest BCUT2D eigenvalue weighted by atomic mass is 10.1. The Morgan fingerprint density at radius 3 is 2.83 bits per heavy atom. The van der Waals surface area contributed by atoms with Crippen molar-refractivity contribution in [1.29, 1.82) is 0 Å². The molecule has 3 aromatic rings. The summed E-state index contributed by atoms with van der Waals surface area (Å²) in [5.74, 6) is 1.59. The SMILES string of the molecule is COc1ccc(-c2nc(CC3CCN(C(=O)Nc4ccccc4F)C3)no2)cc1. The number of urea groups is 1. The number of likely N-dealkylation sites (tertiary alicyclic amines) is 1. The zero-order valence-corrected chi connectivity index (χ0v) is 16.0. The minimum absolute atomic E-state index is 0.184. The van der Waals surface area contributed by atoms with E-state index in [0.717, 1.165) is 17.7 Å². The van der Waals surface area contributed by atoms with Crippen molar-refractivity contribution in [3.8, 4) is 17.2 Å². The summed E-state index contributed by atoms with van der Waals surface area (Å²) in [6, 6.07) is 13.2. The molecule has 1 aromatic heterocycles. The zero-order chi connectivity index (χ0) is 20.2. The molecule has 0 aliphatic carbocycles. The van der Waals surface area contributed by atoms with Gasteiger partial charge in [-0.15, -0.1) is 0 Å². The topological polar surface area (TPSA) is 80.5 Å². The summed E-state index contributed by atoms with van der Waals surface area (Å²) in [6.07, 6.45) is 1.44. The van der Waals surface area contributed by atoms with E-state index in [1.165, 1.54) is 6.07 Å². The highest BCUT2D eigenvalue weighted by Gasteiger charge is 2.28. The summed E-state index contributed by atoms with van der Waals surface area (Å²) in [7, 11) is 1.61. The molecule has 2 heterocycles. The van der Waals surface area contributed by atoms with Crippen LogP contribution in [0, 0.1) is 11.7 Å². The van der Waals surface area contributed by atoms with E-state index >= 15 is 0 Å². The highest BCUT2D eigenvalue weighted by molar-refractivity contribution is 5.89. The second kappa shape index (κ2) is 8.30.